The highest BCUT2D eigenvalue weighted by atomic mass is 16.2. The number of amides is 1. The lowest BCUT2D eigenvalue weighted by molar-refractivity contribution is -0.129. The Morgan fingerprint density at radius 2 is 2.20 bits per heavy atom. The molecule has 1 rings (SSSR count). The van der Waals surface area contributed by atoms with E-state index in [1.807, 2.05) is 0 Å². The predicted molar refractivity (Wildman–Crippen MR) is 62.5 cm³/mol. The van der Waals surface area contributed by atoms with E-state index in [4.69, 9.17) is 5.73 Å². The quantitative estimate of drug-likeness (QED) is 0.655. The number of nitrogens with zero attached hydrogens (tertiary/aromatic N) is 1. The summed E-state index contributed by atoms with van der Waals surface area (Å²) in [5.74, 6) is 0.362. The molecule has 0 saturated carbocycles. The molecule has 0 spiro atoms. The van der Waals surface area contributed by atoms with Gasteiger partial charge in [0.1, 0.15) is 0 Å². The summed E-state index contributed by atoms with van der Waals surface area (Å²) in [4.78, 5) is 13.7. The van der Waals surface area contributed by atoms with Crippen LogP contribution in [-0.2, 0) is 4.79 Å². The molecule has 1 atom stereocenters. The lowest BCUT2D eigenvalue weighted by Crippen LogP contribution is -2.33. The van der Waals surface area contributed by atoms with Gasteiger partial charge in [0.05, 0.1) is 0 Å². The molecule has 0 aromatic carbocycles. The van der Waals surface area contributed by atoms with Crippen LogP contribution in [0.1, 0.15) is 51.9 Å². The molecule has 1 aliphatic heterocycles. The second-order valence-electron chi connectivity index (χ2n) is 4.42. The first kappa shape index (κ1) is 12.5. The highest BCUT2D eigenvalue weighted by molar-refractivity contribution is 5.78. The van der Waals surface area contributed by atoms with Crippen molar-refractivity contribution in [3.8, 4) is 0 Å². The fourth-order valence-corrected chi connectivity index (χ4v) is 2.34. The number of likely N-dealkylation sites (tertiary alicyclic amines) is 1. The maximum atomic E-state index is 11.6. The third-order valence-corrected chi connectivity index (χ3v) is 3.18. The summed E-state index contributed by atoms with van der Waals surface area (Å²) in [6, 6.07) is 0.528. The zero-order valence-electron chi connectivity index (χ0n) is 9.87. The van der Waals surface area contributed by atoms with Crippen molar-refractivity contribution < 1.29 is 4.79 Å². The van der Waals surface area contributed by atoms with Gasteiger partial charge in [0, 0.05) is 19.0 Å². The lowest BCUT2D eigenvalue weighted by atomic mass is 10.1. The molecule has 3 heteroatoms. The van der Waals surface area contributed by atoms with E-state index in [1.54, 1.807) is 0 Å². The molecule has 1 aliphatic rings. The molecule has 0 aromatic rings. The fourth-order valence-electron chi connectivity index (χ4n) is 2.34. The van der Waals surface area contributed by atoms with E-state index in [0.29, 0.717) is 11.9 Å². The molecule has 0 aliphatic carbocycles. The topological polar surface area (TPSA) is 46.3 Å². The zero-order valence-corrected chi connectivity index (χ0v) is 9.87. The average Bonchev–Trinajstić information content (AvgIpc) is 2.56. The number of rotatable bonds is 7. The van der Waals surface area contributed by atoms with Crippen LogP contribution in [0.15, 0.2) is 0 Å². The first-order chi connectivity index (χ1) is 7.29. The maximum Gasteiger partial charge on any atom is 0.222 e. The minimum absolute atomic E-state index is 0.362. The van der Waals surface area contributed by atoms with Crippen LogP contribution in [0.4, 0.5) is 0 Å². The second kappa shape index (κ2) is 6.83. The van der Waals surface area contributed by atoms with Gasteiger partial charge in [0.15, 0.2) is 0 Å². The number of hydrogen-bond donors (Lipinski definition) is 1. The first-order valence-electron chi connectivity index (χ1n) is 6.29. The van der Waals surface area contributed by atoms with E-state index in [0.717, 1.165) is 45.2 Å². The van der Waals surface area contributed by atoms with Crippen LogP contribution in [-0.4, -0.2) is 29.9 Å². The molecule has 1 amide bonds. The molecule has 0 aromatic heterocycles. The molecular formula is C12H24N2O. The van der Waals surface area contributed by atoms with E-state index in [2.05, 4.69) is 11.8 Å². The smallest absolute Gasteiger partial charge is 0.222 e. The lowest BCUT2D eigenvalue weighted by Gasteiger charge is -2.24. The molecule has 1 saturated heterocycles. The Bertz CT molecular complexity index is 194. The Labute approximate surface area is 93.0 Å². The van der Waals surface area contributed by atoms with Crippen LogP contribution in [0.2, 0.25) is 0 Å². The van der Waals surface area contributed by atoms with Gasteiger partial charge in [-0.3, -0.25) is 4.79 Å². The number of hydrogen-bond acceptors (Lipinski definition) is 2. The average molecular weight is 212 g/mol. The van der Waals surface area contributed by atoms with Gasteiger partial charge in [0.25, 0.3) is 0 Å². The van der Waals surface area contributed by atoms with Gasteiger partial charge < -0.3 is 10.6 Å². The van der Waals surface area contributed by atoms with Crippen molar-refractivity contribution in [2.45, 2.75) is 57.9 Å². The zero-order chi connectivity index (χ0) is 11.1. The van der Waals surface area contributed by atoms with Gasteiger partial charge in [-0.25, -0.2) is 0 Å². The van der Waals surface area contributed by atoms with Crippen molar-refractivity contribution >= 4 is 5.91 Å². The molecule has 1 unspecified atom stereocenters. The standard InChI is InChI=1S/C12H24N2O/c1-2-6-11-7-8-12(15)14(11)10-5-3-4-9-13/h11H,2-10,13H2,1H3. The molecule has 88 valence electrons. The Morgan fingerprint density at radius 1 is 1.40 bits per heavy atom. The van der Waals surface area contributed by atoms with Gasteiger partial charge >= 0.3 is 0 Å². The molecule has 0 radical (unpaired) electrons. The Hall–Kier alpha value is -0.570. The van der Waals surface area contributed by atoms with Crippen molar-refractivity contribution in [2.75, 3.05) is 13.1 Å². The van der Waals surface area contributed by atoms with Gasteiger partial charge in [-0.05, 0) is 32.2 Å². The first-order valence-corrected chi connectivity index (χ1v) is 6.29. The minimum atomic E-state index is 0.362. The van der Waals surface area contributed by atoms with Crippen molar-refractivity contribution in [1.82, 2.24) is 4.90 Å². The largest absolute Gasteiger partial charge is 0.340 e. The third-order valence-electron chi connectivity index (χ3n) is 3.18. The molecule has 15 heavy (non-hydrogen) atoms. The molecule has 3 nitrogen and oxygen atoms in total. The van der Waals surface area contributed by atoms with Gasteiger partial charge in [0.2, 0.25) is 5.91 Å². The van der Waals surface area contributed by atoms with E-state index in [-0.39, 0.29) is 0 Å². The van der Waals surface area contributed by atoms with Crippen LogP contribution in [0.3, 0.4) is 0 Å². The van der Waals surface area contributed by atoms with Crippen molar-refractivity contribution in [2.24, 2.45) is 5.73 Å². The van der Waals surface area contributed by atoms with E-state index in [9.17, 15) is 4.79 Å². The number of nitrogens with two attached hydrogens (primary N) is 1. The Kier molecular flexibility index (Phi) is 5.69. The summed E-state index contributed by atoms with van der Waals surface area (Å²) in [7, 11) is 0. The van der Waals surface area contributed by atoms with Crippen LogP contribution in [0, 0.1) is 0 Å². The third kappa shape index (κ3) is 3.82. The molecule has 2 N–H and O–H groups in total. The number of carbonyl (C=O) groups is 1. The summed E-state index contributed by atoms with van der Waals surface area (Å²) >= 11 is 0. The van der Waals surface area contributed by atoms with E-state index < -0.39 is 0 Å². The second-order valence-corrected chi connectivity index (χ2v) is 4.42. The highest BCUT2D eigenvalue weighted by Crippen LogP contribution is 2.22. The SMILES string of the molecule is CCCC1CCC(=O)N1CCCCCN. The Morgan fingerprint density at radius 3 is 2.87 bits per heavy atom. The summed E-state index contributed by atoms with van der Waals surface area (Å²) in [6.45, 7) is 3.91. The fraction of sp³-hybridized carbons (Fsp3) is 0.917. The summed E-state index contributed by atoms with van der Waals surface area (Å²) < 4.78 is 0. The summed E-state index contributed by atoms with van der Waals surface area (Å²) in [6.07, 6.45) is 7.54. The van der Waals surface area contributed by atoms with Crippen molar-refractivity contribution in [3.63, 3.8) is 0 Å². The summed E-state index contributed by atoms with van der Waals surface area (Å²) in [5.41, 5.74) is 5.44. The Balaban J connectivity index is 2.26. The van der Waals surface area contributed by atoms with E-state index in [1.165, 1.54) is 12.8 Å². The van der Waals surface area contributed by atoms with Crippen molar-refractivity contribution in [1.29, 1.82) is 0 Å². The van der Waals surface area contributed by atoms with Gasteiger partial charge in [-0.1, -0.05) is 19.8 Å². The monoisotopic (exact) mass is 212 g/mol. The van der Waals surface area contributed by atoms with Gasteiger partial charge in [-0.15, -0.1) is 0 Å². The van der Waals surface area contributed by atoms with Crippen LogP contribution >= 0.6 is 0 Å². The summed E-state index contributed by atoms with van der Waals surface area (Å²) in [5, 5.41) is 0. The molecule has 1 fully saturated rings. The van der Waals surface area contributed by atoms with Crippen molar-refractivity contribution in [3.05, 3.63) is 0 Å². The molecule has 1 heterocycles. The number of carbonyl (C=O) groups excluding carboxylic acids is 1. The van der Waals surface area contributed by atoms with Crippen LogP contribution in [0.25, 0.3) is 0 Å². The van der Waals surface area contributed by atoms with Crippen LogP contribution < -0.4 is 5.73 Å². The van der Waals surface area contributed by atoms with E-state index >= 15 is 0 Å². The minimum Gasteiger partial charge on any atom is -0.340 e. The highest BCUT2D eigenvalue weighted by Gasteiger charge is 2.29. The maximum absolute atomic E-state index is 11.6. The normalized spacial score (nSPS) is 21.3. The van der Waals surface area contributed by atoms with Gasteiger partial charge in [-0.2, -0.15) is 0 Å². The predicted octanol–water partition coefficient (Wildman–Crippen LogP) is 1.91. The van der Waals surface area contributed by atoms with Crippen LogP contribution in [0.5, 0.6) is 0 Å². The molecule has 0 bridgehead atoms. The number of unbranched alkanes of at least 4 members (excludes halogenated alkanes) is 2. The molecular weight excluding hydrogens is 188 g/mol.